The van der Waals surface area contributed by atoms with Crippen LogP contribution in [0, 0.1) is 6.92 Å². The number of nitrogens with zero attached hydrogens (tertiary/aromatic N) is 2. The third kappa shape index (κ3) is 3.98. The number of carbonyl (C=O) groups is 1. The normalized spacial score (nSPS) is 12.2. The third-order valence-corrected chi connectivity index (χ3v) is 3.81. The highest BCUT2D eigenvalue weighted by Gasteiger charge is 2.20. The number of aryl methyl sites for hydroxylation is 1. The van der Waals surface area contributed by atoms with Crippen LogP contribution in [0.1, 0.15) is 42.1 Å². The fourth-order valence-corrected chi connectivity index (χ4v) is 2.76. The standard InChI is InChI=1S/C14H15ClN2O3S/c1-4-21-12-7-10(15)5-6-11(12)14(18)19-8(2)13-17-16-9(3)20-13/h5-8H,4H2,1-3H3. The Kier molecular flexibility index (Phi) is 5.25. The van der Waals surface area contributed by atoms with E-state index in [0.29, 0.717) is 16.5 Å². The van der Waals surface area contributed by atoms with Gasteiger partial charge in [0, 0.05) is 16.8 Å². The largest absolute Gasteiger partial charge is 0.449 e. The Balaban J connectivity index is 2.16. The maximum atomic E-state index is 12.3. The van der Waals surface area contributed by atoms with E-state index in [1.54, 1.807) is 32.0 Å². The number of thioether (sulfide) groups is 1. The van der Waals surface area contributed by atoms with E-state index in [9.17, 15) is 4.79 Å². The lowest BCUT2D eigenvalue weighted by Gasteiger charge is -2.12. The molecule has 0 aliphatic carbocycles. The molecule has 1 aromatic carbocycles. The topological polar surface area (TPSA) is 65.2 Å². The molecular weight excluding hydrogens is 312 g/mol. The third-order valence-electron chi connectivity index (χ3n) is 2.64. The van der Waals surface area contributed by atoms with Crippen molar-refractivity contribution in [3.8, 4) is 0 Å². The molecule has 2 rings (SSSR count). The van der Waals surface area contributed by atoms with E-state index >= 15 is 0 Å². The average Bonchev–Trinajstić information content (AvgIpc) is 2.86. The first-order chi connectivity index (χ1) is 10.0. The summed E-state index contributed by atoms with van der Waals surface area (Å²) in [6, 6.07) is 5.08. The van der Waals surface area contributed by atoms with Crippen LogP contribution in [-0.4, -0.2) is 21.9 Å². The first-order valence-electron chi connectivity index (χ1n) is 6.44. The van der Waals surface area contributed by atoms with Crippen LogP contribution >= 0.6 is 23.4 Å². The Morgan fingerprint density at radius 1 is 1.48 bits per heavy atom. The van der Waals surface area contributed by atoms with Crippen molar-refractivity contribution in [2.75, 3.05) is 5.75 Å². The summed E-state index contributed by atoms with van der Waals surface area (Å²) in [5.41, 5.74) is 0.481. The molecule has 1 aromatic heterocycles. The maximum absolute atomic E-state index is 12.3. The van der Waals surface area contributed by atoms with E-state index in [2.05, 4.69) is 10.2 Å². The fourth-order valence-electron chi connectivity index (χ4n) is 1.69. The van der Waals surface area contributed by atoms with Crippen molar-refractivity contribution in [2.24, 2.45) is 0 Å². The van der Waals surface area contributed by atoms with Crippen LogP contribution in [0.15, 0.2) is 27.5 Å². The van der Waals surface area contributed by atoms with Crippen molar-refractivity contribution in [3.05, 3.63) is 40.6 Å². The van der Waals surface area contributed by atoms with Crippen molar-refractivity contribution in [1.29, 1.82) is 0 Å². The quantitative estimate of drug-likeness (QED) is 0.609. The Morgan fingerprint density at radius 2 is 2.24 bits per heavy atom. The van der Waals surface area contributed by atoms with Crippen LogP contribution in [0.2, 0.25) is 5.02 Å². The lowest BCUT2D eigenvalue weighted by Crippen LogP contribution is -2.10. The van der Waals surface area contributed by atoms with E-state index in [4.69, 9.17) is 20.8 Å². The number of rotatable bonds is 5. The molecule has 112 valence electrons. The molecule has 0 spiro atoms. The highest BCUT2D eigenvalue weighted by atomic mass is 35.5. The van der Waals surface area contributed by atoms with Crippen molar-refractivity contribution in [2.45, 2.75) is 31.8 Å². The van der Waals surface area contributed by atoms with Gasteiger partial charge in [-0.2, -0.15) is 0 Å². The first-order valence-corrected chi connectivity index (χ1v) is 7.81. The molecule has 1 atom stereocenters. The van der Waals surface area contributed by atoms with Crippen LogP contribution in [0.3, 0.4) is 0 Å². The Labute approximate surface area is 132 Å². The molecule has 0 bridgehead atoms. The molecule has 5 nitrogen and oxygen atoms in total. The van der Waals surface area contributed by atoms with Gasteiger partial charge in [-0.3, -0.25) is 0 Å². The van der Waals surface area contributed by atoms with Crippen molar-refractivity contribution < 1.29 is 13.9 Å². The predicted molar refractivity (Wildman–Crippen MR) is 80.7 cm³/mol. The van der Waals surface area contributed by atoms with E-state index in [1.807, 2.05) is 6.92 Å². The minimum Gasteiger partial charge on any atom is -0.449 e. The second-order valence-electron chi connectivity index (χ2n) is 4.28. The van der Waals surface area contributed by atoms with E-state index in [1.165, 1.54) is 11.8 Å². The predicted octanol–water partition coefficient (Wildman–Crippen LogP) is 4.06. The molecule has 0 radical (unpaired) electrons. The van der Waals surface area contributed by atoms with Gasteiger partial charge in [0.05, 0.1) is 5.56 Å². The highest BCUT2D eigenvalue weighted by molar-refractivity contribution is 7.99. The number of benzene rings is 1. The number of ether oxygens (including phenoxy) is 1. The van der Waals surface area contributed by atoms with Crippen LogP contribution in [0.5, 0.6) is 0 Å². The van der Waals surface area contributed by atoms with Gasteiger partial charge in [0.1, 0.15) is 0 Å². The monoisotopic (exact) mass is 326 g/mol. The highest BCUT2D eigenvalue weighted by Crippen LogP contribution is 2.28. The number of hydrogen-bond acceptors (Lipinski definition) is 6. The molecule has 1 unspecified atom stereocenters. The molecule has 0 aliphatic rings. The zero-order valence-corrected chi connectivity index (χ0v) is 13.5. The Bertz CT molecular complexity index is 645. The summed E-state index contributed by atoms with van der Waals surface area (Å²) in [5, 5.41) is 8.15. The molecular formula is C14H15ClN2O3S. The zero-order chi connectivity index (χ0) is 15.4. The molecule has 0 saturated carbocycles. The second kappa shape index (κ2) is 6.95. The van der Waals surface area contributed by atoms with Gasteiger partial charge in [0.25, 0.3) is 5.89 Å². The van der Waals surface area contributed by atoms with Crippen LogP contribution in [0.25, 0.3) is 0 Å². The SMILES string of the molecule is CCSc1cc(Cl)ccc1C(=O)OC(C)c1nnc(C)o1. The van der Waals surface area contributed by atoms with Gasteiger partial charge < -0.3 is 9.15 Å². The van der Waals surface area contributed by atoms with Crippen molar-refractivity contribution >= 4 is 29.3 Å². The molecule has 0 amide bonds. The summed E-state index contributed by atoms with van der Waals surface area (Å²) in [7, 11) is 0. The van der Waals surface area contributed by atoms with Crippen LogP contribution < -0.4 is 0 Å². The van der Waals surface area contributed by atoms with Crippen LogP contribution in [0.4, 0.5) is 0 Å². The zero-order valence-electron chi connectivity index (χ0n) is 11.9. The average molecular weight is 327 g/mol. The molecule has 0 aliphatic heterocycles. The van der Waals surface area contributed by atoms with E-state index in [-0.39, 0.29) is 5.89 Å². The summed E-state index contributed by atoms with van der Waals surface area (Å²) in [4.78, 5) is 13.1. The van der Waals surface area contributed by atoms with Gasteiger partial charge in [-0.1, -0.05) is 18.5 Å². The Morgan fingerprint density at radius 3 is 2.86 bits per heavy atom. The smallest absolute Gasteiger partial charge is 0.340 e. The minimum atomic E-state index is -0.603. The number of carbonyl (C=O) groups excluding carboxylic acids is 1. The van der Waals surface area contributed by atoms with Gasteiger partial charge in [0.15, 0.2) is 6.10 Å². The summed E-state index contributed by atoms with van der Waals surface area (Å²) < 4.78 is 10.6. The van der Waals surface area contributed by atoms with Gasteiger partial charge in [-0.05, 0) is 30.9 Å². The minimum absolute atomic E-state index is 0.277. The molecule has 21 heavy (non-hydrogen) atoms. The lowest BCUT2D eigenvalue weighted by atomic mass is 10.2. The molecule has 7 heteroatoms. The maximum Gasteiger partial charge on any atom is 0.340 e. The van der Waals surface area contributed by atoms with E-state index in [0.717, 1.165) is 10.6 Å². The van der Waals surface area contributed by atoms with E-state index < -0.39 is 12.1 Å². The molecule has 1 heterocycles. The second-order valence-corrected chi connectivity index (χ2v) is 6.02. The number of halogens is 1. The number of hydrogen-bond donors (Lipinski definition) is 0. The van der Waals surface area contributed by atoms with Gasteiger partial charge in [-0.25, -0.2) is 4.79 Å². The fraction of sp³-hybridized carbons (Fsp3) is 0.357. The van der Waals surface area contributed by atoms with Gasteiger partial charge in [-0.15, -0.1) is 22.0 Å². The Hall–Kier alpha value is -1.53. The summed E-state index contributed by atoms with van der Waals surface area (Å²) in [6.07, 6.45) is -0.603. The summed E-state index contributed by atoms with van der Waals surface area (Å²) in [6.45, 7) is 5.37. The molecule has 0 fully saturated rings. The van der Waals surface area contributed by atoms with Gasteiger partial charge >= 0.3 is 5.97 Å². The lowest BCUT2D eigenvalue weighted by molar-refractivity contribution is 0.0273. The molecule has 0 N–H and O–H groups in total. The first kappa shape index (κ1) is 15.9. The number of aromatic nitrogens is 2. The molecule has 2 aromatic rings. The van der Waals surface area contributed by atoms with Crippen molar-refractivity contribution in [3.63, 3.8) is 0 Å². The molecule has 0 saturated heterocycles. The summed E-state index contributed by atoms with van der Waals surface area (Å²) >= 11 is 7.50. The van der Waals surface area contributed by atoms with Crippen molar-refractivity contribution in [1.82, 2.24) is 10.2 Å². The van der Waals surface area contributed by atoms with Crippen LogP contribution in [-0.2, 0) is 4.74 Å². The summed E-state index contributed by atoms with van der Waals surface area (Å²) in [5.74, 6) is 1.10. The number of esters is 1. The van der Waals surface area contributed by atoms with Gasteiger partial charge in [0.2, 0.25) is 5.89 Å².